The van der Waals surface area contributed by atoms with Crippen LogP contribution >= 0.6 is 11.3 Å². The fraction of sp³-hybridized carbons (Fsp3) is 0.571. The molecule has 9 nitrogen and oxygen atoms in total. The molecule has 2 heterocycles. The molecular weight excluding hydrogens is 502 g/mol. The van der Waals surface area contributed by atoms with Crippen molar-refractivity contribution in [1.82, 2.24) is 20.5 Å². The van der Waals surface area contributed by atoms with Crippen LogP contribution in [0.25, 0.3) is 10.4 Å². The van der Waals surface area contributed by atoms with E-state index in [0.29, 0.717) is 25.9 Å². The number of nitrogens with one attached hydrogen (secondary N) is 2. The van der Waals surface area contributed by atoms with Crippen molar-refractivity contribution in [3.05, 3.63) is 41.0 Å². The number of hydrogen-bond acceptors (Lipinski definition) is 7. The summed E-state index contributed by atoms with van der Waals surface area (Å²) in [5, 5.41) is 16.2. The normalized spacial score (nSPS) is 18.3. The zero-order valence-corrected chi connectivity index (χ0v) is 23.6. The van der Waals surface area contributed by atoms with Crippen LogP contribution in [0, 0.1) is 12.3 Å². The number of carbonyl (C=O) groups is 3. The van der Waals surface area contributed by atoms with Crippen molar-refractivity contribution in [3.8, 4) is 10.4 Å². The second kappa shape index (κ2) is 13.3. The van der Waals surface area contributed by atoms with E-state index in [4.69, 9.17) is 5.73 Å². The minimum atomic E-state index is -0.812. The molecule has 2 aromatic rings. The van der Waals surface area contributed by atoms with E-state index < -0.39 is 23.6 Å². The smallest absolute Gasteiger partial charge is 0.246 e. The number of aliphatic hydroxyl groups excluding tert-OH is 1. The Balaban J connectivity index is 1.63. The van der Waals surface area contributed by atoms with E-state index in [0.717, 1.165) is 34.5 Å². The van der Waals surface area contributed by atoms with Gasteiger partial charge in [0.1, 0.15) is 12.1 Å². The van der Waals surface area contributed by atoms with Crippen LogP contribution in [0.3, 0.4) is 0 Å². The number of hydrogen-bond donors (Lipinski definition) is 4. The number of unbranched alkanes of at least 4 members (excludes halogenated alkanes) is 2. The Bertz CT molecular complexity index is 1100. The van der Waals surface area contributed by atoms with Crippen LogP contribution in [0.2, 0.25) is 0 Å². The highest BCUT2D eigenvalue weighted by molar-refractivity contribution is 7.13. The fourth-order valence-corrected chi connectivity index (χ4v) is 5.43. The van der Waals surface area contributed by atoms with Crippen molar-refractivity contribution in [1.29, 1.82) is 0 Å². The first-order chi connectivity index (χ1) is 18.0. The molecule has 3 rings (SSSR count). The molecule has 1 aliphatic heterocycles. The van der Waals surface area contributed by atoms with Gasteiger partial charge in [0, 0.05) is 25.9 Å². The third-order valence-corrected chi connectivity index (χ3v) is 7.80. The van der Waals surface area contributed by atoms with Crippen LogP contribution in [0.5, 0.6) is 0 Å². The standard InChI is InChI=1S/C28H41N5O4S/c1-18-24(38-17-31-18)20-11-9-19(10-12-20)15-30-26(36)22-14-21(34)16-33(22)27(37)25(28(2,3)4)32-23(35)8-6-5-7-13-29/h9-12,17,21-22,25,34H,5-8,13-16,29H2,1-4H3,(H,30,36)(H,32,35)/t21-,22+,25?/m1/s1. The lowest BCUT2D eigenvalue weighted by Crippen LogP contribution is -2.57. The van der Waals surface area contributed by atoms with E-state index in [1.54, 1.807) is 11.3 Å². The molecule has 38 heavy (non-hydrogen) atoms. The molecule has 1 unspecified atom stereocenters. The molecule has 3 atom stereocenters. The minimum absolute atomic E-state index is 0.0543. The lowest BCUT2D eigenvalue weighted by atomic mass is 9.85. The van der Waals surface area contributed by atoms with Crippen LogP contribution in [0.15, 0.2) is 29.8 Å². The van der Waals surface area contributed by atoms with Gasteiger partial charge in [-0.1, -0.05) is 51.5 Å². The number of aryl methyl sites for hydroxylation is 1. The summed E-state index contributed by atoms with van der Waals surface area (Å²) in [6.07, 6.45) is 2.08. The number of aliphatic hydroxyl groups is 1. The molecule has 0 aliphatic carbocycles. The molecule has 1 aromatic heterocycles. The van der Waals surface area contributed by atoms with Crippen molar-refractivity contribution in [2.75, 3.05) is 13.1 Å². The zero-order chi connectivity index (χ0) is 27.9. The Morgan fingerprint density at radius 3 is 2.50 bits per heavy atom. The molecule has 0 radical (unpaired) electrons. The lowest BCUT2D eigenvalue weighted by Gasteiger charge is -2.35. The molecule has 1 fully saturated rings. The number of likely N-dealkylation sites (tertiary alicyclic amines) is 1. The topological polar surface area (TPSA) is 138 Å². The van der Waals surface area contributed by atoms with E-state index in [2.05, 4.69) is 15.6 Å². The second-order valence-electron chi connectivity index (χ2n) is 11.0. The van der Waals surface area contributed by atoms with Crippen molar-refractivity contribution in [2.45, 2.75) is 84.5 Å². The first-order valence-corrected chi connectivity index (χ1v) is 14.1. The van der Waals surface area contributed by atoms with Gasteiger partial charge in [0.15, 0.2) is 0 Å². The fourth-order valence-electron chi connectivity index (χ4n) is 4.62. The van der Waals surface area contributed by atoms with Gasteiger partial charge in [-0.2, -0.15) is 0 Å². The highest BCUT2D eigenvalue weighted by Crippen LogP contribution is 2.28. The molecule has 1 aromatic carbocycles. The van der Waals surface area contributed by atoms with E-state index in [9.17, 15) is 19.5 Å². The van der Waals surface area contributed by atoms with E-state index in [1.807, 2.05) is 57.5 Å². The van der Waals surface area contributed by atoms with Crippen LogP contribution < -0.4 is 16.4 Å². The minimum Gasteiger partial charge on any atom is -0.391 e. The van der Waals surface area contributed by atoms with Crippen molar-refractivity contribution < 1.29 is 19.5 Å². The Labute approximate surface area is 229 Å². The van der Waals surface area contributed by atoms with Crippen LogP contribution in [0.4, 0.5) is 0 Å². The second-order valence-corrected chi connectivity index (χ2v) is 11.9. The molecule has 3 amide bonds. The maximum absolute atomic E-state index is 13.6. The summed E-state index contributed by atoms with van der Waals surface area (Å²) >= 11 is 1.59. The Hall–Kier alpha value is -2.82. The van der Waals surface area contributed by atoms with Gasteiger partial charge in [-0.3, -0.25) is 14.4 Å². The highest BCUT2D eigenvalue weighted by atomic mass is 32.1. The number of nitrogens with zero attached hydrogens (tertiary/aromatic N) is 2. The Morgan fingerprint density at radius 2 is 1.89 bits per heavy atom. The van der Waals surface area contributed by atoms with Gasteiger partial charge >= 0.3 is 0 Å². The van der Waals surface area contributed by atoms with Gasteiger partial charge in [0.25, 0.3) is 0 Å². The highest BCUT2D eigenvalue weighted by Gasteiger charge is 2.44. The lowest BCUT2D eigenvalue weighted by molar-refractivity contribution is -0.144. The molecule has 0 bridgehead atoms. The summed E-state index contributed by atoms with van der Waals surface area (Å²) < 4.78 is 0. The molecule has 1 aliphatic rings. The maximum Gasteiger partial charge on any atom is 0.246 e. The molecule has 208 valence electrons. The van der Waals surface area contributed by atoms with Gasteiger partial charge in [-0.05, 0) is 42.9 Å². The first-order valence-electron chi connectivity index (χ1n) is 13.3. The average Bonchev–Trinajstić information content (AvgIpc) is 3.48. The average molecular weight is 544 g/mol. The number of amides is 3. The molecular formula is C28H41N5O4S. The largest absolute Gasteiger partial charge is 0.391 e. The van der Waals surface area contributed by atoms with Gasteiger partial charge < -0.3 is 26.4 Å². The summed E-state index contributed by atoms with van der Waals surface area (Å²) in [7, 11) is 0. The van der Waals surface area contributed by atoms with Crippen LogP contribution in [-0.4, -0.2) is 64.0 Å². The van der Waals surface area contributed by atoms with Crippen molar-refractivity contribution >= 4 is 29.1 Å². The van der Waals surface area contributed by atoms with E-state index in [1.165, 1.54) is 4.90 Å². The Kier molecular flexibility index (Phi) is 10.4. The third kappa shape index (κ3) is 7.85. The maximum atomic E-state index is 13.6. The number of carbonyl (C=O) groups excluding carboxylic acids is 3. The number of nitrogens with two attached hydrogens (primary N) is 1. The van der Waals surface area contributed by atoms with Crippen molar-refractivity contribution in [2.24, 2.45) is 11.1 Å². The predicted octanol–water partition coefficient (Wildman–Crippen LogP) is 2.75. The van der Waals surface area contributed by atoms with Gasteiger partial charge in [-0.25, -0.2) is 4.98 Å². The zero-order valence-electron chi connectivity index (χ0n) is 22.8. The predicted molar refractivity (Wildman–Crippen MR) is 149 cm³/mol. The van der Waals surface area contributed by atoms with E-state index >= 15 is 0 Å². The van der Waals surface area contributed by atoms with Crippen LogP contribution in [-0.2, 0) is 20.9 Å². The third-order valence-electron chi connectivity index (χ3n) is 6.82. The first kappa shape index (κ1) is 29.7. The van der Waals surface area contributed by atoms with Gasteiger partial charge in [0.2, 0.25) is 17.7 Å². The quantitative estimate of drug-likeness (QED) is 0.322. The van der Waals surface area contributed by atoms with Crippen molar-refractivity contribution in [3.63, 3.8) is 0 Å². The monoisotopic (exact) mass is 543 g/mol. The van der Waals surface area contributed by atoms with E-state index in [-0.39, 0.29) is 30.7 Å². The molecule has 5 N–H and O–H groups in total. The molecule has 0 spiro atoms. The molecule has 1 saturated heterocycles. The summed E-state index contributed by atoms with van der Waals surface area (Å²) in [5.41, 5.74) is 9.75. The summed E-state index contributed by atoms with van der Waals surface area (Å²) in [6.45, 7) is 8.55. The van der Waals surface area contributed by atoms with Gasteiger partial charge in [0.05, 0.1) is 22.2 Å². The Morgan fingerprint density at radius 1 is 1.18 bits per heavy atom. The summed E-state index contributed by atoms with van der Waals surface area (Å²) in [4.78, 5) is 46.2. The number of rotatable bonds is 11. The number of thiazole rings is 1. The number of β-amino-alcohol motifs (C(OH)–C–C–N with tert-alkyl or cyclic N) is 1. The van der Waals surface area contributed by atoms with Crippen LogP contribution in [0.1, 0.15) is 64.1 Å². The number of benzene rings is 1. The number of aromatic nitrogens is 1. The summed E-state index contributed by atoms with van der Waals surface area (Å²) in [6, 6.07) is 6.31. The SMILES string of the molecule is Cc1ncsc1-c1ccc(CNC(=O)[C@@H]2C[C@@H](O)CN2C(=O)C(NC(=O)CCCCCN)C(C)(C)C)cc1. The summed E-state index contributed by atoms with van der Waals surface area (Å²) in [5.74, 6) is -0.875. The van der Waals surface area contributed by atoms with Gasteiger partial charge in [-0.15, -0.1) is 11.3 Å². The molecule has 10 heteroatoms. The molecule has 0 saturated carbocycles.